The number of cyclic esters (lactones) is 1. The van der Waals surface area contributed by atoms with Crippen LogP contribution < -0.4 is 4.74 Å². The minimum atomic E-state index is -0.366. The molecule has 0 aromatic heterocycles. The fraction of sp³-hybridized carbons (Fsp3) is 0.476. The highest BCUT2D eigenvalue weighted by Gasteiger charge is 2.35. The van der Waals surface area contributed by atoms with Crippen LogP contribution in [-0.2, 0) is 11.2 Å². The summed E-state index contributed by atoms with van der Waals surface area (Å²) in [6, 6.07) is 1.71. The fourth-order valence-electron chi connectivity index (χ4n) is 3.99. The van der Waals surface area contributed by atoms with Crippen LogP contribution in [0.1, 0.15) is 67.4 Å². The second-order valence-corrected chi connectivity index (χ2v) is 7.15. The van der Waals surface area contributed by atoms with E-state index in [1.54, 1.807) is 6.07 Å². The molecule has 4 nitrogen and oxygen atoms in total. The van der Waals surface area contributed by atoms with E-state index in [0.717, 1.165) is 30.4 Å². The molecule has 0 radical (unpaired) electrons. The lowest BCUT2D eigenvalue weighted by Gasteiger charge is -2.33. The molecule has 1 aromatic carbocycles. The lowest BCUT2D eigenvalue weighted by molar-refractivity contribution is 0.00404. The van der Waals surface area contributed by atoms with Crippen molar-refractivity contribution in [2.24, 2.45) is 5.92 Å². The Labute approximate surface area is 149 Å². The molecule has 0 spiro atoms. The molecule has 2 atom stereocenters. The van der Waals surface area contributed by atoms with Crippen LogP contribution in [0.25, 0.3) is 0 Å². The molecular formula is C21H26O4. The van der Waals surface area contributed by atoms with Gasteiger partial charge >= 0.3 is 5.97 Å². The largest absolute Gasteiger partial charge is 0.507 e. The van der Waals surface area contributed by atoms with Crippen LogP contribution in [0.3, 0.4) is 0 Å². The van der Waals surface area contributed by atoms with Crippen molar-refractivity contribution in [2.75, 3.05) is 6.79 Å². The molecule has 1 aliphatic carbocycles. The van der Waals surface area contributed by atoms with Gasteiger partial charge in [-0.2, -0.15) is 0 Å². The highest BCUT2D eigenvalue weighted by atomic mass is 16.7. The van der Waals surface area contributed by atoms with E-state index < -0.39 is 0 Å². The summed E-state index contributed by atoms with van der Waals surface area (Å²) in [6.45, 7) is 10.2. The number of ether oxygens (including phenoxy) is 2. The first-order valence-electron chi connectivity index (χ1n) is 8.95. The Bertz CT molecular complexity index is 745. The summed E-state index contributed by atoms with van der Waals surface area (Å²) >= 11 is 0. The number of benzene rings is 1. The number of carbonyl (C=O) groups is 1. The maximum atomic E-state index is 12.4. The van der Waals surface area contributed by atoms with Crippen molar-refractivity contribution in [3.8, 4) is 11.5 Å². The third-order valence-corrected chi connectivity index (χ3v) is 5.21. The maximum absolute atomic E-state index is 12.4. The number of rotatable bonds is 4. The summed E-state index contributed by atoms with van der Waals surface area (Å²) in [5.74, 6) is 0.495. The quantitative estimate of drug-likeness (QED) is 0.627. The number of phenolic OH excluding ortho intramolecular Hbond substituents is 1. The summed E-state index contributed by atoms with van der Waals surface area (Å²) < 4.78 is 10.8. The van der Waals surface area contributed by atoms with Crippen LogP contribution in [0.5, 0.6) is 11.5 Å². The number of fused-ring (bicyclic) bond motifs is 1. The van der Waals surface area contributed by atoms with Gasteiger partial charge in [0.2, 0.25) is 6.79 Å². The molecule has 1 aliphatic heterocycles. The van der Waals surface area contributed by atoms with Crippen LogP contribution in [0, 0.1) is 5.92 Å². The lowest BCUT2D eigenvalue weighted by Crippen LogP contribution is -2.24. The summed E-state index contributed by atoms with van der Waals surface area (Å²) in [5.41, 5.74) is 4.31. The number of esters is 1. The van der Waals surface area contributed by atoms with E-state index in [2.05, 4.69) is 19.6 Å². The van der Waals surface area contributed by atoms with Crippen molar-refractivity contribution in [1.29, 1.82) is 0 Å². The van der Waals surface area contributed by atoms with Gasteiger partial charge in [0.05, 0.1) is 0 Å². The number of phenols is 1. The van der Waals surface area contributed by atoms with Gasteiger partial charge in [0.15, 0.2) is 0 Å². The topological polar surface area (TPSA) is 55.8 Å². The molecule has 0 unspecified atom stereocenters. The van der Waals surface area contributed by atoms with Gasteiger partial charge in [-0.25, -0.2) is 4.79 Å². The first-order chi connectivity index (χ1) is 11.9. The predicted octanol–water partition coefficient (Wildman–Crippen LogP) is 4.87. The zero-order chi connectivity index (χ0) is 18.1. The van der Waals surface area contributed by atoms with E-state index in [4.69, 9.17) is 9.47 Å². The Morgan fingerprint density at radius 1 is 1.40 bits per heavy atom. The highest BCUT2D eigenvalue weighted by Crippen LogP contribution is 2.49. The highest BCUT2D eigenvalue weighted by molar-refractivity contribution is 5.96. The number of allylic oxidation sites excluding steroid dienone is 3. The van der Waals surface area contributed by atoms with Gasteiger partial charge in [0.1, 0.15) is 17.1 Å². The Balaban J connectivity index is 2.22. The van der Waals surface area contributed by atoms with Crippen LogP contribution >= 0.6 is 0 Å². The van der Waals surface area contributed by atoms with Crippen LogP contribution in [-0.4, -0.2) is 17.9 Å². The number of aromatic hydroxyl groups is 1. The molecule has 2 aliphatic rings. The van der Waals surface area contributed by atoms with E-state index in [9.17, 15) is 9.90 Å². The minimum absolute atomic E-state index is 0.0402. The van der Waals surface area contributed by atoms with Gasteiger partial charge < -0.3 is 14.6 Å². The Hall–Kier alpha value is -2.23. The zero-order valence-corrected chi connectivity index (χ0v) is 15.2. The molecule has 0 saturated heterocycles. The van der Waals surface area contributed by atoms with Gasteiger partial charge in [-0.15, -0.1) is 0 Å². The molecular weight excluding hydrogens is 316 g/mol. The molecule has 0 bridgehead atoms. The average Bonchev–Trinajstić information content (AvgIpc) is 2.54. The Morgan fingerprint density at radius 3 is 2.84 bits per heavy atom. The number of hydrogen-bond donors (Lipinski definition) is 1. The fourth-order valence-corrected chi connectivity index (χ4v) is 3.99. The first-order valence-corrected chi connectivity index (χ1v) is 8.95. The minimum Gasteiger partial charge on any atom is -0.507 e. The average molecular weight is 342 g/mol. The van der Waals surface area contributed by atoms with Crippen molar-refractivity contribution >= 4 is 5.97 Å². The van der Waals surface area contributed by atoms with Gasteiger partial charge in [0, 0.05) is 11.5 Å². The molecule has 1 heterocycles. The smallest absolute Gasteiger partial charge is 0.345 e. The monoisotopic (exact) mass is 342 g/mol. The predicted molar refractivity (Wildman–Crippen MR) is 97.0 cm³/mol. The zero-order valence-electron chi connectivity index (χ0n) is 15.2. The normalized spacial score (nSPS) is 22.5. The van der Waals surface area contributed by atoms with Gasteiger partial charge in [-0.1, -0.05) is 37.1 Å². The summed E-state index contributed by atoms with van der Waals surface area (Å²) in [4.78, 5) is 12.4. The number of hydrogen-bond acceptors (Lipinski definition) is 4. The molecule has 0 saturated carbocycles. The van der Waals surface area contributed by atoms with Gasteiger partial charge in [-0.3, -0.25) is 0 Å². The van der Waals surface area contributed by atoms with Crippen molar-refractivity contribution < 1.29 is 19.4 Å². The number of carbonyl (C=O) groups excluding carboxylic acids is 1. The molecule has 0 amide bonds. The lowest BCUT2D eigenvalue weighted by atomic mass is 9.73. The van der Waals surface area contributed by atoms with Gasteiger partial charge in [0.25, 0.3) is 0 Å². The van der Waals surface area contributed by atoms with E-state index in [-0.39, 0.29) is 30.3 Å². The Kier molecular flexibility index (Phi) is 4.89. The molecule has 0 fully saturated rings. The third-order valence-electron chi connectivity index (χ3n) is 5.21. The molecule has 1 N–H and O–H groups in total. The van der Waals surface area contributed by atoms with Crippen LogP contribution in [0.4, 0.5) is 0 Å². The first kappa shape index (κ1) is 17.6. The van der Waals surface area contributed by atoms with Crippen molar-refractivity contribution in [3.63, 3.8) is 0 Å². The molecule has 25 heavy (non-hydrogen) atoms. The number of aryl methyl sites for hydroxylation is 1. The van der Waals surface area contributed by atoms with Crippen LogP contribution in [0.15, 0.2) is 29.9 Å². The van der Waals surface area contributed by atoms with E-state index in [0.29, 0.717) is 23.3 Å². The summed E-state index contributed by atoms with van der Waals surface area (Å²) in [5, 5.41) is 10.8. The van der Waals surface area contributed by atoms with E-state index in [1.165, 1.54) is 5.57 Å². The molecule has 3 rings (SSSR count). The van der Waals surface area contributed by atoms with E-state index >= 15 is 0 Å². The van der Waals surface area contributed by atoms with Crippen molar-refractivity contribution in [3.05, 3.63) is 46.6 Å². The SMILES string of the molecule is C=C(C)[C@@H]1CCC(C)=C[C@H]1c1c(O)cc(CCC)c2c1OCOC2=O. The van der Waals surface area contributed by atoms with Gasteiger partial charge in [-0.05, 0) is 50.7 Å². The maximum Gasteiger partial charge on any atom is 0.345 e. The molecule has 4 heteroatoms. The summed E-state index contributed by atoms with van der Waals surface area (Å²) in [7, 11) is 0. The Morgan fingerprint density at radius 2 is 2.16 bits per heavy atom. The van der Waals surface area contributed by atoms with E-state index in [1.807, 2.05) is 13.8 Å². The third kappa shape index (κ3) is 3.17. The standard InChI is InChI=1S/C21H26O4/c1-5-6-14-10-17(22)19(20-18(14)21(23)25-11-24-20)16-9-13(4)7-8-15(16)12(2)3/h9-10,15-16,22H,2,5-8,11H2,1,3-4H3/t15-,16+/m0/s1. The molecule has 134 valence electrons. The van der Waals surface area contributed by atoms with Crippen molar-refractivity contribution in [1.82, 2.24) is 0 Å². The summed E-state index contributed by atoms with van der Waals surface area (Å²) in [6.07, 6.45) is 5.75. The second-order valence-electron chi connectivity index (χ2n) is 7.15. The van der Waals surface area contributed by atoms with Crippen LogP contribution in [0.2, 0.25) is 0 Å². The van der Waals surface area contributed by atoms with Crippen molar-refractivity contribution in [2.45, 2.75) is 52.4 Å². The molecule has 1 aromatic rings. The second kappa shape index (κ2) is 6.95.